The van der Waals surface area contributed by atoms with E-state index in [1.54, 1.807) is 11.8 Å². The van der Waals surface area contributed by atoms with Gasteiger partial charge in [-0.2, -0.15) is 0 Å². The summed E-state index contributed by atoms with van der Waals surface area (Å²) in [4.78, 5) is 29.8. The number of carbonyl (C=O) groups is 2. The van der Waals surface area contributed by atoms with Crippen molar-refractivity contribution in [2.45, 2.75) is 37.8 Å². The molecule has 2 fully saturated rings. The van der Waals surface area contributed by atoms with Gasteiger partial charge in [0.15, 0.2) is 0 Å². The first-order valence-corrected chi connectivity index (χ1v) is 13.8. The molecule has 0 saturated carbocycles. The van der Waals surface area contributed by atoms with Gasteiger partial charge in [0.25, 0.3) is 5.91 Å². The largest absolute Gasteiger partial charge is 0.348 e. The number of halogens is 1. The van der Waals surface area contributed by atoms with Crippen LogP contribution in [-0.2, 0) is 24.4 Å². The van der Waals surface area contributed by atoms with Crippen molar-refractivity contribution >= 4 is 35.2 Å². The molecule has 2 heterocycles. The molecule has 3 aromatic carbocycles. The van der Waals surface area contributed by atoms with Crippen LogP contribution in [0.15, 0.2) is 72.8 Å². The zero-order valence-corrected chi connectivity index (χ0v) is 21.7. The van der Waals surface area contributed by atoms with Crippen LogP contribution in [0.1, 0.15) is 50.8 Å². The number of likely N-dealkylation sites (tertiary alicyclic amines) is 1. The van der Waals surface area contributed by atoms with E-state index >= 15 is 0 Å². The molecule has 3 aromatic rings. The average Bonchev–Trinajstić information content (AvgIpc) is 3.54. The van der Waals surface area contributed by atoms with Gasteiger partial charge in [-0.15, -0.1) is 11.8 Å². The van der Waals surface area contributed by atoms with Gasteiger partial charge in [-0.1, -0.05) is 60.1 Å². The van der Waals surface area contributed by atoms with Crippen molar-refractivity contribution in [1.29, 1.82) is 0 Å². The summed E-state index contributed by atoms with van der Waals surface area (Å²) in [6.45, 7) is 4.27. The van der Waals surface area contributed by atoms with Crippen LogP contribution in [0.4, 0.5) is 0 Å². The van der Waals surface area contributed by atoms with Crippen LogP contribution in [0.2, 0.25) is 5.02 Å². The number of amides is 2. The Hall–Kier alpha value is -2.80. The number of carbonyl (C=O) groups excluding carboxylic acids is 2. The monoisotopic (exact) mass is 519 g/mol. The Morgan fingerprint density at radius 1 is 0.917 bits per heavy atom. The van der Waals surface area contributed by atoms with Gasteiger partial charge in [0.1, 0.15) is 5.37 Å². The first kappa shape index (κ1) is 24.9. The van der Waals surface area contributed by atoms with E-state index in [1.165, 1.54) is 18.4 Å². The Kier molecular flexibility index (Phi) is 7.95. The smallest absolute Gasteiger partial charge is 0.251 e. The summed E-state index contributed by atoms with van der Waals surface area (Å²) in [5.41, 5.74) is 5.12. The summed E-state index contributed by atoms with van der Waals surface area (Å²) in [7, 11) is 0. The van der Waals surface area contributed by atoms with Gasteiger partial charge < -0.3 is 10.2 Å². The van der Waals surface area contributed by atoms with E-state index in [1.807, 2.05) is 59.5 Å². The fourth-order valence-corrected chi connectivity index (χ4v) is 6.14. The Labute approximate surface area is 221 Å². The number of nitrogens with one attached hydrogen (secondary N) is 1. The Morgan fingerprint density at radius 3 is 2.33 bits per heavy atom. The molecule has 1 N–H and O–H groups in total. The Balaban J connectivity index is 1.21. The van der Waals surface area contributed by atoms with Crippen molar-refractivity contribution in [3.8, 4) is 0 Å². The minimum atomic E-state index is -0.0919. The topological polar surface area (TPSA) is 52.7 Å². The second-order valence-corrected chi connectivity index (χ2v) is 10.9. The van der Waals surface area contributed by atoms with Gasteiger partial charge >= 0.3 is 0 Å². The van der Waals surface area contributed by atoms with Crippen molar-refractivity contribution in [3.63, 3.8) is 0 Å². The van der Waals surface area contributed by atoms with Crippen molar-refractivity contribution in [3.05, 3.63) is 106 Å². The zero-order chi connectivity index (χ0) is 24.9. The predicted molar refractivity (Wildman–Crippen MR) is 146 cm³/mol. The number of hydrogen-bond acceptors (Lipinski definition) is 4. The number of nitrogens with zero attached hydrogens (tertiary/aromatic N) is 2. The van der Waals surface area contributed by atoms with Gasteiger partial charge in [0, 0.05) is 30.2 Å². The van der Waals surface area contributed by atoms with E-state index in [9.17, 15) is 9.59 Å². The highest BCUT2D eigenvalue weighted by atomic mass is 35.5. The molecule has 36 heavy (non-hydrogen) atoms. The lowest BCUT2D eigenvalue weighted by Crippen LogP contribution is -2.28. The molecule has 2 aliphatic rings. The molecule has 1 atom stereocenters. The number of hydrogen-bond donors (Lipinski definition) is 1. The maximum atomic E-state index is 12.9. The molecule has 2 aliphatic heterocycles. The van der Waals surface area contributed by atoms with Gasteiger partial charge in [0.05, 0.1) is 5.75 Å². The first-order valence-electron chi connectivity index (χ1n) is 12.4. The van der Waals surface area contributed by atoms with Crippen molar-refractivity contribution in [1.82, 2.24) is 15.1 Å². The Morgan fingerprint density at radius 2 is 1.61 bits per heavy atom. The third kappa shape index (κ3) is 5.94. The molecular formula is C29H30ClN3O2S. The lowest BCUT2D eigenvalue weighted by molar-refractivity contribution is -0.128. The summed E-state index contributed by atoms with van der Waals surface area (Å²) in [6, 6.07) is 23.6. The van der Waals surface area contributed by atoms with Gasteiger partial charge in [0.2, 0.25) is 5.91 Å². The molecule has 0 spiro atoms. The standard InChI is InChI=1S/C29H30ClN3O2S/c30-26-13-7-21(8-14-26)18-33-27(34)20-36-29(33)23-11-9-22(10-12-23)28(35)31-17-24-5-1-2-6-25(24)19-32-15-3-4-16-32/h1-2,5-14,29H,3-4,15-20H2,(H,31,35)/t29-/m0/s1. The zero-order valence-electron chi connectivity index (χ0n) is 20.2. The van der Waals surface area contributed by atoms with Gasteiger partial charge in [-0.05, 0) is 72.5 Å². The van der Waals surface area contributed by atoms with Crippen LogP contribution in [-0.4, -0.2) is 40.5 Å². The molecular weight excluding hydrogens is 490 g/mol. The van der Waals surface area contributed by atoms with Crippen LogP contribution >= 0.6 is 23.4 Å². The molecule has 5 nitrogen and oxygen atoms in total. The third-order valence-corrected chi connectivity index (χ3v) is 8.35. The molecule has 0 bridgehead atoms. The highest BCUT2D eigenvalue weighted by Crippen LogP contribution is 2.39. The molecule has 5 rings (SSSR count). The van der Waals surface area contributed by atoms with E-state index in [-0.39, 0.29) is 17.2 Å². The molecule has 7 heteroatoms. The van der Waals surface area contributed by atoms with Crippen LogP contribution in [0, 0.1) is 0 Å². The summed E-state index contributed by atoms with van der Waals surface area (Å²) in [6.07, 6.45) is 2.53. The van der Waals surface area contributed by atoms with Crippen LogP contribution in [0.3, 0.4) is 0 Å². The van der Waals surface area contributed by atoms with Crippen molar-refractivity contribution in [2.24, 2.45) is 0 Å². The predicted octanol–water partition coefficient (Wildman–Crippen LogP) is 5.64. The highest BCUT2D eigenvalue weighted by Gasteiger charge is 2.32. The second kappa shape index (κ2) is 11.5. The van der Waals surface area contributed by atoms with E-state index in [4.69, 9.17) is 11.6 Å². The van der Waals surface area contributed by atoms with E-state index in [2.05, 4.69) is 28.4 Å². The Bertz CT molecular complexity index is 1210. The van der Waals surface area contributed by atoms with E-state index < -0.39 is 0 Å². The maximum Gasteiger partial charge on any atom is 0.251 e. The molecule has 0 radical (unpaired) electrons. The molecule has 0 aliphatic carbocycles. The van der Waals surface area contributed by atoms with Crippen LogP contribution in [0.5, 0.6) is 0 Å². The lowest BCUT2D eigenvalue weighted by atomic mass is 10.1. The number of benzene rings is 3. The van der Waals surface area contributed by atoms with Crippen LogP contribution < -0.4 is 5.32 Å². The van der Waals surface area contributed by atoms with Crippen LogP contribution in [0.25, 0.3) is 0 Å². The third-order valence-electron chi connectivity index (χ3n) is 6.84. The molecule has 0 unspecified atom stereocenters. The molecule has 2 amide bonds. The average molecular weight is 520 g/mol. The second-order valence-electron chi connectivity index (χ2n) is 9.37. The summed E-state index contributed by atoms with van der Waals surface area (Å²) >= 11 is 7.62. The fourth-order valence-electron chi connectivity index (χ4n) is 4.83. The summed E-state index contributed by atoms with van der Waals surface area (Å²) < 4.78 is 0. The molecule has 186 valence electrons. The fraction of sp³-hybridized carbons (Fsp3) is 0.310. The quantitative estimate of drug-likeness (QED) is 0.418. The maximum absolute atomic E-state index is 12.9. The minimum Gasteiger partial charge on any atom is -0.348 e. The van der Waals surface area contributed by atoms with Crippen molar-refractivity contribution in [2.75, 3.05) is 18.8 Å². The summed E-state index contributed by atoms with van der Waals surface area (Å²) in [5, 5.41) is 3.70. The normalized spacial score (nSPS) is 18.1. The van der Waals surface area contributed by atoms with Gasteiger partial charge in [-0.25, -0.2) is 0 Å². The van der Waals surface area contributed by atoms with Gasteiger partial charge in [-0.3, -0.25) is 14.5 Å². The van der Waals surface area contributed by atoms with E-state index in [0.717, 1.165) is 36.3 Å². The molecule has 2 saturated heterocycles. The number of thioether (sulfide) groups is 1. The van der Waals surface area contributed by atoms with Crippen molar-refractivity contribution < 1.29 is 9.59 Å². The van der Waals surface area contributed by atoms with E-state index in [0.29, 0.717) is 29.4 Å². The SMILES string of the molecule is O=C(NCc1ccccc1CN1CCCC1)c1ccc([C@@H]2SCC(=O)N2Cc2ccc(Cl)cc2)cc1. The number of rotatable bonds is 8. The minimum absolute atomic E-state index is 0.0669. The molecule has 0 aromatic heterocycles. The highest BCUT2D eigenvalue weighted by molar-refractivity contribution is 8.00. The lowest BCUT2D eigenvalue weighted by Gasteiger charge is -2.24. The first-order chi connectivity index (χ1) is 17.6. The summed E-state index contributed by atoms with van der Waals surface area (Å²) in [5.74, 6) is 0.484.